The first-order valence-electron chi connectivity index (χ1n) is 5.97. The summed E-state index contributed by atoms with van der Waals surface area (Å²) in [4.78, 5) is 2.47. The minimum absolute atomic E-state index is 0.253. The van der Waals surface area contributed by atoms with Crippen molar-refractivity contribution in [2.45, 2.75) is 19.3 Å². The average Bonchev–Trinajstić information content (AvgIpc) is 2.34. The number of thiocarbonyl (C=S) groups is 1. The highest BCUT2D eigenvalue weighted by atomic mass is 35.5. The molecule has 0 unspecified atom stereocenters. The Kier molecular flexibility index (Phi) is 6.39. The molecular formula is C13H19ClN2OS. The number of anilines is 1. The molecule has 5 heteroatoms. The smallest absolute Gasteiger partial charge is 0.106 e. The molecule has 0 radical (unpaired) electrons. The van der Waals surface area contributed by atoms with Crippen LogP contribution in [0.15, 0.2) is 18.2 Å². The van der Waals surface area contributed by atoms with Gasteiger partial charge in [-0.15, -0.1) is 0 Å². The Morgan fingerprint density at radius 3 is 2.72 bits per heavy atom. The molecule has 0 aliphatic heterocycles. The molecule has 0 spiro atoms. The minimum atomic E-state index is 0.253. The van der Waals surface area contributed by atoms with Crippen molar-refractivity contribution in [1.29, 1.82) is 0 Å². The van der Waals surface area contributed by atoms with E-state index in [0.717, 1.165) is 37.1 Å². The van der Waals surface area contributed by atoms with Crippen LogP contribution in [-0.4, -0.2) is 30.3 Å². The van der Waals surface area contributed by atoms with Crippen molar-refractivity contribution in [3.8, 4) is 0 Å². The number of rotatable bonds is 7. The largest absolute Gasteiger partial charge is 0.396 e. The molecule has 0 fully saturated rings. The van der Waals surface area contributed by atoms with Gasteiger partial charge in [0.05, 0.1) is 0 Å². The van der Waals surface area contributed by atoms with Gasteiger partial charge in [-0.25, -0.2) is 0 Å². The molecule has 1 aromatic carbocycles. The van der Waals surface area contributed by atoms with Gasteiger partial charge in [-0.05, 0) is 37.5 Å². The molecule has 1 aromatic rings. The van der Waals surface area contributed by atoms with Crippen LogP contribution >= 0.6 is 23.8 Å². The minimum Gasteiger partial charge on any atom is -0.396 e. The van der Waals surface area contributed by atoms with E-state index in [1.807, 2.05) is 19.2 Å². The SMILES string of the molecule is CN(CCCCCO)c1ccc(Cl)cc1C(N)=S. The number of aliphatic hydroxyl groups is 1. The van der Waals surface area contributed by atoms with Crippen LogP contribution in [0.5, 0.6) is 0 Å². The van der Waals surface area contributed by atoms with Crippen molar-refractivity contribution in [3.05, 3.63) is 28.8 Å². The quantitative estimate of drug-likeness (QED) is 0.597. The lowest BCUT2D eigenvalue weighted by atomic mass is 10.1. The van der Waals surface area contributed by atoms with Crippen LogP contribution in [-0.2, 0) is 0 Å². The highest BCUT2D eigenvalue weighted by Gasteiger charge is 2.10. The maximum Gasteiger partial charge on any atom is 0.106 e. The molecule has 0 atom stereocenters. The number of nitrogens with two attached hydrogens (primary N) is 1. The zero-order valence-corrected chi connectivity index (χ0v) is 12.1. The molecule has 3 nitrogen and oxygen atoms in total. The summed E-state index contributed by atoms with van der Waals surface area (Å²) in [6.07, 6.45) is 2.88. The summed E-state index contributed by atoms with van der Waals surface area (Å²) in [5, 5.41) is 9.37. The summed E-state index contributed by atoms with van der Waals surface area (Å²) in [5.41, 5.74) is 7.51. The molecule has 0 saturated heterocycles. The van der Waals surface area contributed by atoms with Gasteiger partial charge in [0.15, 0.2) is 0 Å². The molecule has 100 valence electrons. The Morgan fingerprint density at radius 2 is 2.11 bits per heavy atom. The molecule has 18 heavy (non-hydrogen) atoms. The first kappa shape index (κ1) is 15.2. The molecule has 0 aliphatic rings. The van der Waals surface area contributed by atoms with Gasteiger partial charge in [-0.2, -0.15) is 0 Å². The van der Waals surface area contributed by atoms with Crippen LogP contribution in [0.25, 0.3) is 0 Å². The molecule has 1 rings (SSSR count). The van der Waals surface area contributed by atoms with Crippen LogP contribution < -0.4 is 10.6 Å². The summed E-state index contributed by atoms with van der Waals surface area (Å²) < 4.78 is 0. The lowest BCUT2D eigenvalue weighted by molar-refractivity contribution is 0.283. The number of hydrogen-bond acceptors (Lipinski definition) is 3. The summed E-state index contributed by atoms with van der Waals surface area (Å²) in [7, 11) is 2.00. The predicted molar refractivity (Wildman–Crippen MR) is 81.5 cm³/mol. The number of aliphatic hydroxyl groups excluding tert-OH is 1. The topological polar surface area (TPSA) is 49.5 Å². The fourth-order valence-corrected chi connectivity index (χ4v) is 2.13. The molecule has 0 saturated carbocycles. The van der Waals surface area contributed by atoms with Crippen molar-refractivity contribution in [2.24, 2.45) is 5.73 Å². The third kappa shape index (κ3) is 4.44. The molecule has 0 bridgehead atoms. The highest BCUT2D eigenvalue weighted by Crippen LogP contribution is 2.23. The molecule has 0 aromatic heterocycles. The first-order valence-corrected chi connectivity index (χ1v) is 6.76. The van der Waals surface area contributed by atoms with Gasteiger partial charge < -0.3 is 15.7 Å². The Hall–Kier alpha value is -0.840. The van der Waals surface area contributed by atoms with Gasteiger partial charge in [-0.3, -0.25) is 0 Å². The van der Waals surface area contributed by atoms with Crippen LogP contribution in [0.1, 0.15) is 24.8 Å². The molecular weight excluding hydrogens is 268 g/mol. The normalized spacial score (nSPS) is 10.4. The van der Waals surface area contributed by atoms with Gasteiger partial charge in [0.1, 0.15) is 4.99 Å². The molecule has 0 amide bonds. The summed E-state index contributed by atoms with van der Waals surface area (Å²) in [6.45, 7) is 1.15. The third-order valence-corrected chi connectivity index (χ3v) is 3.24. The van der Waals surface area contributed by atoms with E-state index in [1.165, 1.54) is 0 Å². The monoisotopic (exact) mass is 286 g/mol. The fraction of sp³-hybridized carbons (Fsp3) is 0.462. The fourth-order valence-electron chi connectivity index (χ4n) is 1.80. The van der Waals surface area contributed by atoms with Gasteiger partial charge in [0, 0.05) is 36.5 Å². The summed E-state index contributed by atoms with van der Waals surface area (Å²) in [5.74, 6) is 0. The van der Waals surface area contributed by atoms with E-state index in [2.05, 4.69) is 4.90 Å². The zero-order valence-electron chi connectivity index (χ0n) is 10.5. The van der Waals surface area contributed by atoms with E-state index >= 15 is 0 Å². The summed E-state index contributed by atoms with van der Waals surface area (Å²) >= 11 is 11.0. The standard InChI is InChI=1S/C13H19ClN2OS/c1-16(7-3-2-4-8-17)12-6-5-10(14)9-11(12)13(15)18/h5-6,9,17H,2-4,7-8H2,1H3,(H2,15,18). The number of nitrogens with zero attached hydrogens (tertiary/aromatic N) is 1. The van der Waals surface area contributed by atoms with Crippen LogP contribution in [0.3, 0.4) is 0 Å². The van der Waals surface area contributed by atoms with Crippen molar-refractivity contribution in [2.75, 3.05) is 25.1 Å². The second kappa shape index (κ2) is 7.56. The van der Waals surface area contributed by atoms with Crippen molar-refractivity contribution >= 4 is 34.5 Å². The Bertz CT molecular complexity index is 412. The maximum absolute atomic E-state index is 8.73. The van der Waals surface area contributed by atoms with Gasteiger partial charge in [0.25, 0.3) is 0 Å². The van der Waals surface area contributed by atoms with Gasteiger partial charge >= 0.3 is 0 Å². The summed E-state index contributed by atoms with van der Waals surface area (Å²) in [6, 6.07) is 5.56. The van der Waals surface area contributed by atoms with E-state index in [4.69, 9.17) is 34.7 Å². The van der Waals surface area contributed by atoms with Crippen LogP contribution in [0.4, 0.5) is 5.69 Å². The van der Waals surface area contributed by atoms with Gasteiger partial charge in [0.2, 0.25) is 0 Å². The Morgan fingerprint density at radius 1 is 1.39 bits per heavy atom. The number of halogens is 1. The van der Waals surface area contributed by atoms with Crippen molar-refractivity contribution in [1.82, 2.24) is 0 Å². The van der Waals surface area contributed by atoms with Crippen LogP contribution in [0, 0.1) is 0 Å². The highest BCUT2D eigenvalue weighted by molar-refractivity contribution is 7.80. The molecule has 3 N–H and O–H groups in total. The average molecular weight is 287 g/mol. The molecule has 0 heterocycles. The third-order valence-electron chi connectivity index (χ3n) is 2.79. The number of hydrogen-bond donors (Lipinski definition) is 2. The van der Waals surface area contributed by atoms with E-state index in [9.17, 15) is 0 Å². The van der Waals surface area contributed by atoms with Crippen LogP contribution in [0.2, 0.25) is 5.02 Å². The van der Waals surface area contributed by atoms with E-state index in [0.29, 0.717) is 10.0 Å². The second-order valence-electron chi connectivity index (χ2n) is 4.23. The zero-order chi connectivity index (χ0) is 13.5. The van der Waals surface area contributed by atoms with Crippen molar-refractivity contribution in [3.63, 3.8) is 0 Å². The predicted octanol–water partition coefficient (Wildman–Crippen LogP) is 2.57. The first-order chi connectivity index (χ1) is 8.56. The molecule has 0 aliphatic carbocycles. The van der Waals surface area contributed by atoms with E-state index in [-0.39, 0.29) is 6.61 Å². The Labute approximate surface area is 119 Å². The van der Waals surface area contributed by atoms with E-state index < -0.39 is 0 Å². The maximum atomic E-state index is 8.73. The van der Waals surface area contributed by atoms with E-state index in [1.54, 1.807) is 6.07 Å². The lowest BCUT2D eigenvalue weighted by Crippen LogP contribution is -2.23. The Balaban J connectivity index is 2.72. The van der Waals surface area contributed by atoms with Crippen molar-refractivity contribution < 1.29 is 5.11 Å². The lowest BCUT2D eigenvalue weighted by Gasteiger charge is -2.22. The number of benzene rings is 1. The number of unbranched alkanes of at least 4 members (excludes halogenated alkanes) is 2. The second-order valence-corrected chi connectivity index (χ2v) is 5.11. The van der Waals surface area contributed by atoms with Gasteiger partial charge in [-0.1, -0.05) is 23.8 Å².